The Morgan fingerprint density at radius 3 is 2.37 bits per heavy atom. The van der Waals surface area contributed by atoms with Gasteiger partial charge in [0.05, 0.1) is 13.0 Å². The molecule has 1 fully saturated rings. The molecule has 1 aliphatic carbocycles. The topological polar surface area (TPSA) is 69.7 Å². The summed E-state index contributed by atoms with van der Waals surface area (Å²) < 4.78 is 9.96. The molecule has 5 nitrogen and oxygen atoms in total. The van der Waals surface area contributed by atoms with E-state index in [1.54, 1.807) is 27.7 Å². The minimum absolute atomic E-state index is 0.146. The van der Waals surface area contributed by atoms with Gasteiger partial charge in [-0.1, -0.05) is 6.92 Å². The van der Waals surface area contributed by atoms with Crippen LogP contribution in [0.2, 0.25) is 0 Å². The second kappa shape index (κ2) is 5.72. The van der Waals surface area contributed by atoms with Crippen molar-refractivity contribution in [2.75, 3.05) is 7.11 Å². The Balaban J connectivity index is 2.80. The number of carbonyl (C=O) groups is 3. The standard InChI is InChI=1S/C14H22O5/c1-8(12(16)19-14(2,3)4)9-6-7-10(15)11(9)13(17)18-5/h8-9,11H,6-7H2,1-5H3/t8-,9-,11?/m0/s1. The molecule has 0 aliphatic heterocycles. The number of rotatable bonds is 3. The van der Waals surface area contributed by atoms with E-state index in [4.69, 9.17) is 4.74 Å². The van der Waals surface area contributed by atoms with E-state index in [1.807, 2.05) is 0 Å². The number of carbonyl (C=O) groups excluding carboxylic acids is 3. The average molecular weight is 270 g/mol. The highest BCUT2D eigenvalue weighted by Crippen LogP contribution is 2.36. The predicted octanol–water partition coefficient (Wildman–Crippen LogP) is 1.73. The van der Waals surface area contributed by atoms with Crippen LogP contribution >= 0.6 is 0 Å². The van der Waals surface area contributed by atoms with Crippen LogP contribution in [-0.4, -0.2) is 30.4 Å². The first-order valence-corrected chi connectivity index (χ1v) is 6.50. The first-order valence-electron chi connectivity index (χ1n) is 6.50. The van der Waals surface area contributed by atoms with Crippen molar-refractivity contribution < 1.29 is 23.9 Å². The SMILES string of the molecule is COC(=O)C1C(=O)CC[C@H]1[C@H](C)C(=O)OC(C)(C)C. The Labute approximate surface area is 113 Å². The van der Waals surface area contributed by atoms with Crippen molar-refractivity contribution >= 4 is 17.7 Å². The molecular formula is C14H22O5. The van der Waals surface area contributed by atoms with Crippen LogP contribution in [0.1, 0.15) is 40.5 Å². The summed E-state index contributed by atoms with van der Waals surface area (Å²) in [5, 5.41) is 0. The normalized spacial score (nSPS) is 25.0. The lowest BCUT2D eigenvalue weighted by atomic mass is 9.84. The van der Waals surface area contributed by atoms with Crippen LogP contribution in [0.15, 0.2) is 0 Å². The molecule has 0 heterocycles. The van der Waals surface area contributed by atoms with Gasteiger partial charge in [-0.25, -0.2) is 0 Å². The molecular weight excluding hydrogens is 248 g/mol. The van der Waals surface area contributed by atoms with Gasteiger partial charge in [0.25, 0.3) is 0 Å². The lowest BCUT2D eigenvalue weighted by Gasteiger charge is -2.26. The molecule has 3 atom stereocenters. The van der Waals surface area contributed by atoms with Gasteiger partial charge in [-0.15, -0.1) is 0 Å². The van der Waals surface area contributed by atoms with Crippen molar-refractivity contribution in [1.29, 1.82) is 0 Å². The Morgan fingerprint density at radius 1 is 1.32 bits per heavy atom. The molecule has 0 N–H and O–H groups in total. The molecule has 19 heavy (non-hydrogen) atoms. The molecule has 5 heteroatoms. The zero-order valence-electron chi connectivity index (χ0n) is 12.2. The summed E-state index contributed by atoms with van der Waals surface area (Å²) in [5.74, 6) is -2.71. The van der Waals surface area contributed by atoms with Crippen LogP contribution in [0.5, 0.6) is 0 Å². The summed E-state index contributed by atoms with van der Waals surface area (Å²) in [7, 11) is 1.25. The quantitative estimate of drug-likeness (QED) is 0.577. The molecule has 0 aromatic rings. The number of hydrogen-bond donors (Lipinski definition) is 0. The molecule has 0 bridgehead atoms. The van der Waals surface area contributed by atoms with Gasteiger partial charge < -0.3 is 9.47 Å². The Bertz CT molecular complexity index is 380. The van der Waals surface area contributed by atoms with Crippen LogP contribution < -0.4 is 0 Å². The van der Waals surface area contributed by atoms with E-state index in [0.29, 0.717) is 12.8 Å². The van der Waals surface area contributed by atoms with Crippen molar-refractivity contribution in [1.82, 2.24) is 0 Å². The van der Waals surface area contributed by atoms with Crippen molar-refractivity contribution in [3.05, 3.63) is 0 Å². The highest BCUT2D eigenvalue weighted by molar-refractivity contribution is 6.01. The molecule has 0 radical (unpaired) electrons. The second-order valence-corrected chi connectivity index (χ2v) is 5.99. The van der Waals surface area contributed by atoms with E-state index in [9.17, 15) is 14.4 Å². The van der Waals surface area contributed by atoms with Crippen molar-refractivity contribution in [3.63, 3.8) is 0 Å². The smallest absolute Gasteiger partial charge is 0.316 e. The molecule has 0 spiro atoms. The molecule has 1 unspecified atom stereocenters. The maximum atomic E-state index is 12.0. The fourth-order valence-corrected chi connectivity index (χ4v) is 2.41. The molecule has 1 saturated carbocycles. The summed E-state index contributed by atoms with van der Waals surface area (Å²) in [4.78, 5) is 35.4. The third-order valence-electron chi connectivity index (χ3n) is 3.38. The van der Waals surface area contributed by atoms with Gasteiger partial charge in [-0.3, -0.25) is 14.4 Å². The maximum Gasteiger partial charge on any atom is 0.316 e. The van der Waals surface area contributed by atoms with Crippen molar-refractivity contribution in [3.8, 4) is 0 Å². The van der Waals surface area contributed by atoms with E-state index in [2.05, 4.69) is 4.74 Å². The monoisotopic (exact) mass is 270 g/mol. The fraction of sp³-hybridized carbons (Fsp3) is 0.786. The van der Waals surface area contributed by atoms with Gasteiger partial charge in [-0.2, -0.15) is 0 Å². The van der Waals surface area contributed by atoms with Crippen LogP contribution in [0.3, 0.4) is 0 Å². The third-order valence-corrected chi connectivity index (χ3v) is 3.38. The van der Waals surface area contributed by atoms with E-state index in [-0.39, 0.29) is 17.7 Å². The van der Waals surface area contributed by atoms with Crippen molar-refractivity contribution in [2.24, 2.45) is 17.8 Å². The van der Waals surface area contributed by atoms with E-state index in [1.165, 1.54) is 7.11 Å². The third kappa shape index (κ3) is 3.78. The summed E-state index contributed by atoms with van der Waals surface area (Å²) in [6.45, 7) is 7.06. The lowest BCUT2D eigenvalue weighted by Crippen LogP contribution is -2.36. The first kappa shape index (κ1) is 15.7. The number of ketones is 1. The highest BCUT2D eigenvalue weighted by Gasteiger charge is 2.46. The number of methoxy groups -OCH3 is 1. The lowest BCUT2D eigenvalue weighted by molar-refractivity contribution is -0.163. The van der Waals surface area contributed by atoms with E-state index < -0.39 is 23.4 Å². The van der Waals surface area contributed by atoms with Gasteiger partial charge >= 0.3 is 11.9 Å². The number of esters is 2. The zero-order chi connectivity index (χ0) is 14.8. The zero-order valence-corrected chi connectivity index (χ0v) is 12.2. The highest BCUT2D eigenvalue weighted by atomic mass is 16.6. The molecule has 1 aliphatic rings. The Hall–Kier alpha value is -1.39. The van der Waals surface area contributed by atoms with Gasteiger partial charge in [0.15, 0.2) is 0 Å². The summed E-state index contributed by atoms with van der Waals surface area (Å²) >= 11 is 0. The average Bonchev–Trinajstić information content (AvgIpc) is 2.66. The number of Topliss-reactive ketones (excluding diaryl/α,β-unsaturated/α-hetero) is 1. The minimum atomic E-state index is -0.826. The van der Waals surface area contributed by atoms with Crippen LogP contribution in [0.25, 0.3) is 0 Å². The molecule has 108 valence electrons. The van der Waals surface area contributed by atoms with Crippen LogP contribution in [0, 0.1) is 17.8 Å². The maximum absolute atomic E-state index is 12.0. The first-order chi connectivity index (χ1) is 8.67. The van der Waals surface area contributed by atoms with Gasteiger partial charge in [0, 0.05) is 6.42 Å². The molecule has 0 aromatic heterocycles. The number of hydrogen-bond acceptors (Lipinski definition) is 5. The summed E-state index contributed by atoms with van der Waals surface area (Å²) in [5.41, 5.74) is -0.575. The second-order valence-electron chi connectivity index (χ2n) is 5.99. The minimum Gasteiger partial charge on any atom is -0.468 e. The molecule has 0 amide bonds. The summed E-state index contributed by atoms with van der Waals surface area (Å²) in [6.07, 6.45) is 0.844. The van der Waals surface area contributed by atoms with E-state index in [0.717, 1.165) is 0 Å². The van der Waals surface area contributed by atoms with Gasteiger partial charge in [0.2, 0.25) is 0 Å². The van der Waals surface area contributed by atoms with Crippen LogP contribution in [-0.2, 0) is 23.9 Å². The van der Waals surface area contributed by atoms with E-state index >= 15 is 0 Å². The molecule has 1 rings (SSSR count). The van der Waals surface area contributed by atoms with Gasteiger partial charge in [-0.05, 0) is 33.1 Å². The predicted molar refractivity (Wildman–Crippen MR) is 68.2 cm³/mol. The largest absolute Gasteiger partial charge is 0.468 e. The fourth-order valence-electron chi connectivity index (χ4n) is 2.41. The summed E-state index contributed by atoms with van der Waals surface area (Å²) in [6, 6.07) is 0. The Morgan fingerprint density at radius 2 is 1.89 bits per heavy atom. The molecule has 0 saturated heterocycles. The van der Waals surface area contributed by atoms with Crippen molar-refractivity contribution in [2.45, 2.75) is 46.1 Å². The Kier molecular flexibility index (Phi) is 4.71. The molecule has 0 aromatic carbocycles. The number of ether oxygens (including phenoxy) is 2. The van der Waals surface area contributed by atoms with Gasteiger partial charge in [0.1, 0.15) is 17.3 Å². The van der Waals surface area contributed by atoms with Crippen LogP contribution in [0.4, 0.5) is 0 Å².